The van der Waals surface area contributed by atoms with E-state index in [1.165, 1.54) is 12.1 Å². The standard InChI is InChI=1S/C51H39N5O/c1-51(2,3)37-27-28-52-50(29-37)56-46-22-11-10-21-42(46)43-26-25-41(33-49(43)56)57-40-20-14-19-38(30-40)54-34-55(48-24-13-12-23-47(48)54)39-31-44(35-15-6-4-7-16-35)53-45(32-39)36-17-8-5-9-18-36/h4-33H,1-3H3/i4D,5D,6D,7D,8D,9D,15D,16D,17D,18D. The molecule has 57 heavy (non-hydrogen) atoms. The van der Waals surface area contributed by atoms with Crippen LogP contribution in [0.4, 0.5) is 0 Å². The number of rotatable bonds is 7. The molecule has 0 aliphatic carbocycles. The minimum atomic E-state index is -0.583. The first-order valence-electron chi connectivity index (χ1n) is 23.4. The molecule has 0 fully saturated rings. The molecule has 0 amide bonds. The number of hydrogen-bond acceptors (Lipinski definition) is 3. The lowest BCUT2D eigenvalue weighted by Crippen LogP contribution is -2.29. The lowest BCUT2D eigenvalue weighted by molar-refractivity contribution is -0.572. The van der Waals surface area contributed by atoms with E-state index < -0.39 is 60.4 Å². The minimum Gasteiger partial charge on any atom is -0.458 e. The third-order valence-corrected chi connectivity index (χ3v) is 9.94. The van der Waals surface area contributed by atoms with Gasteiger partial charge in [-0.1, -0.05) is 130 Å². The predicted molar refractivity (Wildman–Crippen MR) is 230 cm³/mol. The van der Waals surface area contributed by atoms with E-state index in [0.29, 0.717) is 33.9 Å². The maximum absolute atomic E-state index is 8.79. The van der Waals surface area contributed by atoms with Gasteiger partial charge in [-0.2, -0.15) is 0 Å². The van der Waals surface area contributed by atoms with Crippen molar-refractivity contribution in [3.63, 3.8) is 0 Å². The summed E-state index contributed by atoms with van der Waals surface area (Å²) >= 11 is 0. The summed E-state index contributed by atoms with van der Waals surface area (Å²) in [5.74, 6) is 1.95. The van der Waals surface area contributed by atoms with Gasteiger partial charge in [0, 0.05) is 23.0 Å². The van der Waals surface area contributed by atoms with Gasteiger partial charge >= 0.3 is 0 Å². The molecule has 0 aliphatic rings. The number of hydrogen-bond donors (Lipinski definition) is 0. The van der Waals surface area contributed by atoms with E-state index in [1.54, 1.807) is 4.57 Å². The Labute approximate surface area is 345 Å². The topological polar surface area (TPSA) is 48.8 Å². The number of nitrogens with zero attached hydrogens (tertiary/aromatic N) is 5. The molecular weight excluding hydrogens is 699 g/mol. The van der Waals surface area contributed by atoms with Gasteiger partial charge in [-0.15, -0.1) is 0 Å². The van der Waals surface area contributed by atoms with E-state index in [4.69, 9.17) is 23.4 Å². The molecule has 10 aromatic rings. The average Bonchev–Trinajstić information content (AvgIpc) is 3.88. The predicted octanol–water partition coefficient (Wildman–Crippen LogP) is 12.0. The first kappa shape index (κ1) is 25.0. The summed E-state index contributed by atoms with van der Waals surface area (Å²) in [6.07, 6.45) is 5.27. The summed E-state index contributed by atoms with van der Waals surface area (Å²) in [4.78, 5) is 9.45. The van der Waals surface area contributed by atoms with Gasteiger partial charge in [0.1, 0.15) is 17.3 Å². The van der Waals surface area contributed by atoms with Crippen LogP contribution in [0.25, 0.3) is 72.5 Å². The van der Waals surface area contributed by atoms with E-state index in [0.717, 1.165) is 33.2 Å². The summed E-state index contributed by atoms with van der Waals surface area (Å²) in [5, 5.41) is 2.14. The Hall–Kier alpha value is -7.31. The third-order valence-electron chi connectivity index (χ3n) is 9.94. The molecule has 0 bridgehead atoms. The van der Waals surface area contributed by atoms with Gasteiger partial charge in [-0.05, 0) is 82.8 Å². The van der Waals surface area contributed by atoms with Crippen molar-refractivity contribution in [1.29, 1.82) is 0 Å². The molecule has 0 spiro atoms. The van der Waals surface area contributed by atoms with Crippen molar-refractivity contribution in [2.75, 3.05) is 0 Å². The summed E-state index contributed by atoms with van der Waals surface area (Å²) in [7, 11) is 0. The van der Waals surface area contributed by atoms with Crippen LogP contribution in [-0.4, -0.2) is 19.1 Å². The molecule has 6 heteroatoms. The first-order chi connectivity index (χ1) is 32.0. The number of para-hydroxylation sites is 3. The zero-order chi connectivity index (χ0) is 47.2. The van der Waals surface area contributed by atoms with E-state index in [1.807, 2.05) is 89.6 Å². The second kappa shape index (κ2) is 13.8. The molecule has 0 radical (unpaired) electrons. The molecule has 0 saturated carbocycles. The molecular formula is C51H39N5O. The number of ether oxygens (including phenoxy) is 1. The van der Waals surface area contributed by atoms with Crippen LogP contribution in [0, 0.1) is 6.33 Å². The normalized spacial score (nSPS) is 14.2. The quantitative estimate of drug-likeness (QED) is 0.120. The van der Waals surface area contributed by atoms with E-state index in [2.05, 4.69) is 60.9 Å². The van der Waals surface area contributed by atoms with Gasteiger partial charge < -0.3 is 4.74 Å². The highest BCUT2D eigenvalue weighted by Crippen LogP contribution is 2.36. The van der Waals surface area contributed by atoms with Crippen LogP contribution in [0.1, 0.15) is 40.0 Å². The van der Waals surface area contributed by atoms with Crippen molar-refractivity contribution in [1.82, 2.24) is 19.1 Å². The summed E-state index contributed by atoms with van der Waals surface area (Å²) in [5.41, 5.74) is 4.81. The molecule has 0 unspecified atom stereocenters. The molecule has 0 saturated heterocycles. The van der Waals surface area contributed by atoms with Crippen LogP contribution in [-0.2, 0) is 5.41 Å². The molecule has 4 aromatic heterocycles. The number of fused-ring (bicyclic) bond motifs is 4. The van der Waals surface area contributed by atoms with Crippen LogP contribution in [0.5, 0.6) is 11.5 Å². The van der Waals surface area contributed by atoms with Gasteiger partial charge in [0.05, 0.1) is 58.5 Å². The Bertz CT molecular complexity index is 3540. The molecule has 6 nitrogen and oxygen atoms in total. The number of benzene rings is 6. The van der Waals surface area contributed by atoms with E-state index >= 15 is 0 Å². The second-order valence-corrected chi connectivity index (χ2v) is 14.6. The third kappa shape index (κ3) is 6.31. The monoisotopic (exact) mass is 747 g/mol. The Morgan fingerprint density at radius 3 is 2.04 bits per heavy atom. The van der Waals surface area contributed by atoms with Gasteiger partial charge in [-0.3, -0.25) is 13.7 Å². The number of aromatic nitrogens is 5. The highest BCUT2D eigenvalue weighted by atomic mass is 16.5. The van der Waals surface area contributed by atoms with Crippen LogP contribution >= 0.6 is 0 Å². The lowest BCUT2D eigenvalue weighted by Gasteiger charge is -2.20. The van der Waals surface area contributed by atoms with Crippen molar-refractivity contribution in [3.8, 4) is 51.2 Å². The highest BCUT2D eigenvalue weighted by Gasteiger charge is 2.19. The van der Waals surface area contributed by atoms with Crippen LogP contribution < -0.4 is 9.30 Å². The highest BCUT2D eigenvalue weighted by molar-refractivity contribution is 6.09. The second-order valence-electron chi connectivity index (χ2n) is 14.6. The van der Waals surface area contributed by atoms with Crippen molar-refractivity contribution in [2.45, 2.75) is 26.2 Å². The lowest BCUT2D eigenvalue weighted by atomic mass is 9.88. The zero-order valence-electron chi connectivity index (χ0n) is 41.2. The van der Waals surface area contributed by atoms with Crippen molar-refractivity contribution >= 4 is 32.8 Å². The number of imidazole rings is 1. The van der Waals surface area contributed by atoms with Crippen molar-refractivity contribution in [3.05, 3.63) is 194 Å². The summed E-state index contributed by atoms with van der Waals surface area (Å²) in [6.45, 7) is 6.54. The zero-order valence-corrected chi connectivity index (χ0v) is 31.2. The fraction of sp³-hybridized carbons (Fsp3) is 0.0784. The van der Waals surface area contributed by atoms with E-state index in [9.17, 15) is 0 Å². The Balaban J connectivity index is 1.11. The van der Waals surface area contributed by atoms with E-state index in [-0.39, 0.29) is 27.9 Å². The Kier molecular flexibility index (Phi) is 6.03. The Morgan fingerprint density at radius 2 is 1.30 bits per heavy atom. The smallest absolute Gasteiger partial charge is 0.269 e. The van der Waals surface area contributed by atoms with Gasteiger partial charge in [-0.25, -0.2) is 9.97 Å². The van der Waals surface area contributed by atoms with Gasteiger partial charge in [0.25, 0.3) is 6.33 Å². The maximum Gasteiger partial charge on any atom is 0.269 e. The molecule has 0 N–H and O–H groups in total. The number of pyridine rings is 2. The fourth-order valence-electron chi connectivity index (χ4n) is 7.19. The summed E-state index contributed by atoms with van der Waals surface area (Å²) < 4.78 is 97.4. The maximum atomic E-state index is 8.79. The molecule has 4 heterocycles. The molecule has 6 aromatic carbocycles. The molecule has 10 rings (SSSR count). The first-order valence-corrected chi connectivity index (χ1v) is 18.4. The Morgan fingerprint density at radius 1 is 0.632 bits per heavy atom. The largest absolute Gasteiger partial charge is 0.458 e. The van der Waals surface area contributed by atoms with Crippen LogP contribution in [0.3, 0.4) is 0 Å². The van der Waals surface area contributed by atoms with Crippen LogP contribution in [0.2, 0.25) is 0 Å². The van der Waals surface area contributed by atoms with Crippen molar-refractivity contribution < 1.29 is 23.0 Å². The minimum absolute atomic E-state index is 0.0712. The van der Waals surface area contributed by atoms with Gasteiger partial charge in [0.2, 0.25) is 0 Å². The summed E-state index contributed by atoms with van der Waals surface area (Å²) in [6, 6.07) is 31.0. The SMILES string of the molecule is [2H]c1c([2H])c([2H])c(-c2cc(-[n+]3[c-]n(-c4cccc(Oc5ccc6c7ccccc7n(-c7cc(C(C)(C)C)ccn7)c6c5)c4)c4ccccc43)cc(-c3c([2H])c([2H])c([2H])c([2H])c3[2H])n2)c([2H])c1[2H]. The van der Waals surface area contributed by atoms with Crippen molar-refractivity contribution in [2.24, 2.45) is 0 Å². The molecule has 0 aliphatic heterocycles. The molecule has 0 atom stereocenters. The average molecular weight is 748 g/mol. The fourth-order valence-corrected chi connectivity index (χ4v) is 7.19. The molecule has 274 valence electrons. The van der Waals surface area contributed by atoms with Crippen LogP contribution in [0.15, 0.2) is 182 Å². The van der Waals surface area contributed by atoms with Gasteiger partial charge in [0.15, 0.2) is 0 Å².